The first-order valence-corrected chi connectivity index (χ1v) is 12.2. The number of sulfone groups is 1. The van der Waals surface area contributed by atoms with Gasteiger partial charge in [-0.15, -0.1) is 0 Å². The maximum absolute atomic E-state index is 11.9. The fourth-order valence-corrected chi connectivity index (χ4v) is 6.05. The van der Waals surface area contributed by atoms with Crippen molar-refractivity contribution < 1.29 is 18.3 Å². The lowest BCUT2D eigenvalue weighted by Gasteiger charge is -2.17. The lowest BCUT2D eigenvalue weighted by Crippen LogP contribution is -2.25. The maximum Gasteiger partial charge on any atom is 0.150 e. The molecule has 3 aromatic rings. The smallest absolute Gasteiger partial charge is 0.150 e. The number of aromatic nitrogens is 2. The third kappa shape index (κ3) is 4.68. The summed E-state index contributed by atoms with van der Waals surface area (Å²) < 4.78 is 31.6. The van der Waals surface area contributed by atoms with Crippen LogP contribution in [0.25, 0.3) is 11.0 Å². The number of fused-ring (bicyclic) bond motifs is 1. The van der Waals surface area contributed by atoms with Crippen molar-refractivity contribution >= 4 is 20.9 Å². The first kappa shape index (κ1) is 20.9. The van der Waals surface area contributed by atoms with E-state index in [9.17, 15) is 13.5 Å². The van der Waals surface area contributed by atoms with Gasteiger partial charge in [-0.25, -0.2) is 13.4 Å². The molecule has 2 heterocycles. The van der Waals surface area contributed by atoms with Crippen LogP contribution in [0.2, 0.25) is 0 Å². The number of aryl methyl sites for hydroxylation is 2. The molecule has 0 radical (unpaired) electrons. The Kier molecular flexibility index (Phi) is 5.84. The van der Waals surface area contributed by atoms with Crippen LogP contribution in [0.15, 0.2) is 42.5 Å². The van der Waals surface area contributed by atoms with Gasteiger partial charge in [-0.1, -0.05) is 29.8 Å². The van der Waals surface area contributed by atoms with Crippen LogP contribution in [-0.4, -0.2) is 47.3 Å². The van der Waals surface area contributed by atoms with Gasteiger partial charge in [0.2, 0.25) is 0 Å². The average molecular weight is 429 g/mol. The third-order valence-corrected chi connectivity index (χ3v) is 7.52. The van der Waals surface area contributed by atoms with Gasteiger partial charge in [-0.3, -0.25) is 0 Å². The predicted molar refractivity (Wildman–Crippen MR) is 118 cm³/mol. The van der Waals surface area contributed by atoms with Crippen molar-refractivity contribution in [2.24, 2.45) is 5.92 Å². The molecule has 7 heteroatoms. The zero-order chi connectivity index (χ0) is 21.3. The van der Waals surface area contributed by atoms with Gasteiger partial charge in [-0.2, -0.15) is 0 Å². The molecule has 0 bridgehead atoms. The van der Waals surface area contributed by atoms with Crippen molar-refractivity contribution in [2.45, 2.75) is 39.3 Å². The van der Waals surface area contributed by atoms with Crippen LogP contribution >= 0.6 is 0 Å². The second-order valence-corrected chi connectivity index (χ2v) is 10.6. The van der Waals surface area contributed by atoms with Gasteiger partial charge < -0.3 is 14.4 Å². The summed E-state index contributed by atoms with van der Waals surface area (Å²) in [6.45, 7) is 4.55. The van der Waals surface area contributed by atoms with Gasteiger partial charge in [-0.05, 0) is 49.9 Å². The van der Waals surface area contributed by atoms with Crippen LogP contribution < -0.4 is 4.74 Å². The minimum atomic E-state index is -2.93. The molecule has 4 rings (SSSR count). The third-order valence-electron chi connectivity index (χ3n) is 5.69. The van der Waals surface area contributed by atoms with Crippen molar-refractivity contribution in [3.8, 4) is 5.75 Å². The topological polar surface area (TPSA) is 81.4 Å². The molecule has 1 fully saturated rings. The van der Waals surface area contributed by atoms with E-state index in [-0.39, 0.29) is 24.0 Å². The Morgan fingerprint density at radius 3 is 2.77 bits per heavy atom. The monoisotopic (exact) mass is 428 g/mol. The van der Waals surface area contributed by atoms with E-state index in [1.54, 1.807) is 0 Å². The average Bonchev–Trinajstić information content (AvgIpc) is 3.20. The lowest BCUT2D eigenvalue weighted by molar-refractivity contribution is 0.0922. The standard InChI is InChI=1S/C23H28N2O4S/c1-16-7-8-22(17(2)11-16)29-14-19(26)13-25-21-6-4-3-5-20(21)24-23(25)12-18-9-10-30(27,28)15-18/h3-8,11,18-19,26H,9-10,12-15H2,1-2H3/t18-,19+/m1/s1. The number of aliphatic hydroxyl groups is 1. The second-order valence-electron chi connectivity index (χ2n) is 8.33. The fraction of sp³-hybridized carbons (Fsp3) is 0.435. The molecule has 1 aliphatic heterocycles. The molecule has 160 valence electrons. The Morgan fingerprint density at radius 1 is 1.23 bits per heavy atom. The first-order valence-electron chi connectivity index (χ1n) is 10.3. The van der Waals surface area contributed by atoms with Gasteiger partial charge in [0.05, 0.1) is 29.1 Å². The van der Waals surface area contributed by atoms with Crippen LogP contribution in [0.4, 0.5) is 0 Å². The second kappa shape index (κ2) is 8.40. The molecule has 0 amide bonds. The number of hydrogen-bond acceptors (Lipinski definition) is 5. The Labute approximate surface area is 177 Å². The molecule has 2 aromatic carbocycles. The quantitative estimate of drug-likeness (QED) is 0.625. The van der Waals surface area contributed by atoms with Crippen LogP contribution in [-0.2, 0) is 22.8 Å². The summed E-state index contributed by atoms with van der Waals surface area (Å²) >= 11 is 0. The number of nitrogens with zero attached hydrogens (tertiary/aromatic N) is 2. The Bertz CT molecular complexity index is 1150. The van der Waals surface area contributed by atoms with Crippen molar-refractivity contribution in [2.75, 3.05) is 18.1 Å². The molecular formula is C23H28N2O4S. The highest BCUT2D eigenvalue weighted by molar-refractivity contribution is 7.91. The number of para-hydroxylation sites is 2. The molecular weight excluding hydrogens is 400 g/mol. The molecule has 1 saturated heterocycles. The molecule has 1 aromatic heterocycles. The highest BCUT2D eigenvalue weighted by Gasteiger charge is 2.29. The highest BCUT2D eigenvalue weighted by atomic mass is 32.2. The largest absolute Gasteiger partial charge is 0.491 e. The van der Waals surface area contributed by atoms with Crippen molar-refractivity contribution in [3.63, 3.8) is 0 Å². The number of benzene rings is 2. The van der Waals surface area contributed by atoms with Crippen LogP contribution in [0.3, 0.4) is 0 Å². The van der Waals surface area contributed by atoms with Gasteiger partial charge in [0.25, 0.3) is 0 Å². The van der Waals surface area contributed by atoms with E-state index >= 15 is 0 Å². The number of rotatable bonds is 7. The first-order chi connectivity index (χ1) is 14.3. The van der Waals surface area contributed by atoms with Crippen molar-refractivity contribution in [1.82, 2.24) is 9.55 Å². The van der Waals surface area contributed by atoms with E-state index < -0.39 is 15.9 Å². The van der Waals surface area contributed by atoms with Crippen LogP contribution in [0.1, 0.15) is 23.4 Å². The number of hydrogen-bond donors (Lipinski definition) is 1. The van der Waals surface area contributed by atoms with Gasteiger partial charge in [0.1, 0.15) is 24.3 Å². The molecule has 30 heavy (non-hydrogen) atoms. The lowest BCUT2D eigenvalue weighted by atomic mass is 10.1. The minimum Gasteiger partial charge on any atom is -0.491 e. The molecule has 0 unspecified atom stereocenters. The van der Waals surface area contributed by atoms with Gasteiger partial charge in [0, 0.05) is 6.42 Å². The summed E-state index contributed by atoms with van der Waals surface area (Å²) in [6.07, 6.45) is 0.553. The van der Waals surface area contributed by atoms with Gasteiger partial charge in [0.15, 0.2) is 9.84 Å². The molecule has 0 saturated carbocycles. The summed E-state index contributed by atoms with van der Waals surface area (Å²) in [7, 11) is -2.93. The fourth-order valence-electron chi connectivity index (χ4n) is 4.19. The summed E-state index contributed by atoms with van der Waals surface area (Å²) in [5, 5.41) is 10.7. The van der Waals surface area contributed by atoms with E-state index in [0.29, 0.717) is 19.4 Å². The summed E-state index contributed by atoms with van der Waals surface area (Å²) in [5.41, 5.74) is 4.01. The summed E-state index contributed by atoms with van der Waals surface area (Å²) in [6, 6.07) is 13.8. The Hall–Kier alpha value is -2.38. The number of aliphatic hydroxyl groups excluding tert-OH is 1. The Balaban J connectivity index is 1.50. The Morgan fingerprint density at radius 2 is 2.03 bits per heavy atom. The normalized spacial score (nSPS) is 19.2. The molecule has 1 N–H and O–H groups in total. The maximum atomic E-state index is 11.9. The SMILES string of the molecule is Cc1ccc(OC[C@@H](O)Cn2c(C[C@H]3CCS(=O)(=O)C3)nc3ccccc32)c(C)c1. The van der Waals surface area contributed by atoms with E-state index in [2.05, 4.69) is 6.07 Å². The van der Waals surface area contributed by atoms with E-state index in [4.69, 9.17) is 9.72 Å². The number of imidazole rings is 1. The van der Waals surface area contributed by atoms with Crippen LogP contribution in [0, 0.1) is 19.8 Å². The predicted octanol–water partition coefficient (Wildman–Crippen LogP) is 3.07. The van der Waals surface area contributed by atoms with Crippen molar-refractivity contribution in [3.05, 3.63) is 59.4 Å². The molecule has 1 aliphatic rings. The highest BCUT2D eigenvalue weighted by Crippen LogP contribution is 2.25. The van der Waals surface area contributed by atoms with E-state index in [0.717, 1.165) is 28.2 Å². The zero-order valence-corrected chi connectivity index (χ0v) is 18.2. The minimum absolute atomic E-state index is 0.0779. The summed E-state index contributed by atoms with van der Waals surface area (Å²) in [4.78, 5) is 4.74. The summed E-state index contributed by atoms with van der Waals surface area (Å²) in [5.74, 6) is 2.14. The van der Waals surface area contributed by atoms with Crippen molar-refractivity contribution in [1.29, 1.82) is 0 Å². The van der Waals surface area contributed by atoms with Gasteiger partial charge >= 0.3 is 0 Å². The van der Waals surface area contributed by atoms with E-state index in [1.165, 1.54) is 5.56 Å². The molecule has 0 spiro atoms. The zero-order valence-electron chi connectivity index (χ0n) is 17.4. The molecule has 2 atom stereocenters. The molecule has 0 aliphatic carbocycles. The number of ether oxygens (including phenoxy) is 1. The molecule has 6 nitrogen and oxygen atoms in total. The van der Waals surface area contributed by atoms with E-state index in [1.807, 2.05) is 54.8 Å². The van der Waals surface area contributed by atoms with Crippen LogP contribution in [0.5, 0.6) is 5.75 Å².